The number of pyridine rings is 1. The zero-order chi connectivity index (χ0) is 28.9. The first-order chi connectivity index (χ1) is 18.8. The Balaban J connectivity index is 1.65. The number of aromatic nitrogens is 4. The minimum atomic E-state index is -4.75. The number of benzene rings is 2. The van der Waals surface area contributed by atoms with Gasteiger partial charge in [-0.1, -0.05) is 17.7 Å². The van der Waals surface area contributed by atoms with Crippen molar-refractivity contribution < 1.29 is 39.9 Å². The van der Waals surface area contributed by atoms with Gasteiger partial charge in [0, 0.05) is 28.2 Å². The Kier molecular flexibility index (Phi) is 6.77. The molecule has 15 heteroatoms. The van der Waals surface area contributed by atoms with Crippen molar-refractivity contribution in [3.8, 4) is 23.0 Å². The zero-order valence-electron chi connectivity index (χ0n) is 19.8. The van der Waals surface area contributed by atoms with Gasteiger partial charge in [-0.25, -0.2) is 23.1 Å². The quantitative estimate of drug-likeness (QED) is 0.132. The van der Waals surface area contributed by atoms with Gasteiger partial charge in [0.15, 0.2) is 5.65 Å². The van der Waals surface area contributed by atoms with Crippen LogP contribution in [0.5, 0.6) is 11.8 Å². The number of rotatable bonds is 5. The summed E-state index contributed by atoms with van der Waals surface area (Å²) in [6.45, 7) is 1.88. The van der Waals surface area contributed by atoms with E-state index in [9.17, 15) is 35.1 Å². The molecular weight excluding hydrogens is 570 g/mol. The van der Waals surface area contributed by atoms with Crippen molar-refractivity contribution in [2.75, 3.05) is 5.73 Å². The highest BCUT2D eigenvalue weighted by Gasteiger charge is 2.32. The molecule has 0 atom stereocenters. The van der Waals surface area contributed by atoms with Crippen LogP contribution in [0.3, 0.4) is 0 Å². The molecule has 0 spiro atoms. The predicted octanol–water partition coefficient (Wildman–Crippen LogP) is 7.45. The van der Waals surface area contributed by atoms with E-state index in [0.717, 1.165) is 29.8 Å². The third kappa shape index (κ3) is 4.87. The number of fused-ring (bicyclic) bond motifs is 1. The number of nitrogens with two attached hydrogens (primary N) is 1. The first-order valence-electron chi connectivity index (χ1n) is 11.0. The van der Waals surface area contributed by atoms with Gasteiger partial charge in [-0.2, -0.15) is 26.9 Å². The average molecular weight is 583 g/mol. The lowest BCUT2D eigenvalue weighted by Gasteiger charge is -2.10. The Morgan fingerprint density at radius 1 is 0.875 bits per heavy atom. The van der Waals surface area contributed by atoms with E-state index in [1.54, 1.807) is 12.1 Å². The molecule has 0 saturated heterocycles. The van der Waals surface area contributed by atoms with Gasteiger partial charge in [-0.05, 0) is 37.1 Å². The second-order valence-corrected chi connectivity index (χ2v) is 9.37. The van der Waals surface area contributed by atoms with Gasteiger partial charge in [0.2, 0.25) is 34.8 Å². The Hall–Kier alpha value is -4.40. The SMILES string of the molecule is Cc1ccc(Sn2cc(-c3nc(Oc4c(F)c(F)c(F)c(F)c4F)ncc3N)c3cc(C(F)(F)F)cnc32)cc1. The van der Waals surface area contributed by atoms with E-state index >= 15 is 0 Å². The third-order valence-electron chi connectivity index (χ3n) is 5.58. The zero-order valence-corrected chi connectivity index (χ0v) is 20.6. The van der Waals surface area contributed by atoms with E-state index < -0.39 is 52.6 Å². The van der Waals surface area contributed by atoms with Crippen LogP contribution < -0.4 is 10.5 Å². The summed E-state index contributed by atoms with van der Waals surface area (Å²) in [4.78, 5) is 12.2. The van der Waals surface area contributed by atoms with Gasteiger partial charge in [-0.15, -0.1) is 0 Å². The van der Waals surface area contributed by atoms with Gasteiger partial charge in [0.1, 0.15) is 5.69 Å². The number of halogens is 8. The lowest BCUT2D eigenvalue weighted by atomic mass is 10.1. The molecule has 0 bridgehead atoms. The molecule has 5 rings (SSSR count). The molecule has 0 saturated carbocycles. The van der Waals surface area contributed by atoms with Crippen molar-refractivity contribution in [2.24, 2.45) is 0 Å². The molecule has 0 unspecified atom stereocenters. The van der Waals surface area contributed by atoms with E-state index in [0.29, 0.717) is 11.1 Å². The van der Waals surface area contributed by atoms with Crippen LogP contribution in [0.1, 0.15) is 11.1 Å². The third-order valence-corrected chi connectivity index (χ3v) is 6.53. The topological polar surface area (TPSA) is 78.8 Å². The lowest BCUT2D eigenvalue weighted by molar-refractivity contribution is -0.137. The number of nitrogen functional groups attached to an aromatic ring is 1. The van der Waals surface area contributed by atoms with Crippen LogP contribution in [-0.2, 0) is 6.18 Å². The Labute approximate surface area is 223 Å². The number of nitrogens with zero attached hydrogens (tertiary/aromatic N) is 4. The first kappa shape index (κ1) is 27.2. The van der Waals surface area contributed by atoms with Gasteiger partial charge in [0.25, 0.3) is 0 Å². The van der Waals surface area contributed by atoms with E-state index in [4.69, 9.17) is 10.5 Å². The van der Waals surface area contributed by atoms with Crippen molar-refractivity contribution in [2.45, 2.75) is 18.0 Å². The van der Waals surface area contributed by atoms with E-state index in [2.05, 4.69) is 15.0 Å². The summed E-state index contributed by atoms with van der Waals surface area (Å²) < 4.78 is 116. The number of ether oxygens (including phenoxy) is 1. The van der Waals surface area contributed by atoms with Crippen LogP contribution in [0.15, 0.2) is 53.8 Å². The second kappa shape index (κ2) is 9.97. The molecular formula is C25H13F8N5OS. The number of aryl methyl sites for hydroxylation is 1. The van der Waals surface area contributed by atoms with Gasteiger partial charge >= 0.3 is 12.2 Å². The van der Waals surface area contributed by atoms with Crippen molar-refractivity contribution in [3.63, 3.8) is 0 Å². The summed E-state index contributed by atoms with van der Waals surface area (Å²) in [6.07, 6.45) is -1.81. The summed E-state index contributed by atoms with van der Waals surface area (Å²) in [7, 11) is 0. The molecule has 3 aromatic heterocycles. The maximum atomic E-state index is 14.1. The van der Waals surface area contributed by atoms with E-state index in [1.807, 2.05) is 19.1 Å². The van der Waals surface area contributed by atoms with Crippen molar-refractivity contribution in [3.05, 3.63) is 89.1 Å². The first-order valence-corrected chi connectivity index (χ1v) is 11.8. The van der Waals surface area contributed by atoms with Gasteiger partial charge < -0.3 is 10.5 Å². The molecule has 0 radical (unpaired) electrons. The molecule has 0 aliphatic rings. The molecule has 3 heterocycles. The number of alkyl halides is 3. The van der Waals surface area contributed by atoms with Crippen molar-refractivity contribution in [1.29, 1.82) is 0 Å². The van der Waals surface area contributed by atoms with Crippen molar-refractivity contribution in [1.82, 2.24) is 18.9 Å². The van der Waals surface area contributed by atoms with Crippen LogP contribution in [0.25, 0.3) is 22.3 Å². The summed E-state index contributed by atoms with van der Waals surface area (Å²) >= 11 is 1.12. The fourth-order valence-electron chi connectivity index (χ4n) is 3.61. The molecule has 40 heavy (non-hydrogen) atoms. The molecule has 2 aromatic carbocycles. The minimum Gasteiger partial charge on any atom is -0.418 e. The number of anilines is 1. The van der Waals surface area contributed by atoms with Crippen LogP contribution in [0.2, 0.25) is 0 Å². The van der Waals surface area contributed by atoms with E-state index in [1.165, 1.54) is 10.2 Å². The van der Waals surface area contributed by atoms with Crippen LogP contribution in [0.4, 0.5) is 40.8 Å². The van der Waals surface area contributed by atoms with Gasteiger partial charge in [0.05, 0.1) is 17.4 Å². The molecule has 5 aromatic rings. The second-order valence-electron chi connectivity index (χ2n) is 8.32. The maximum absolute atomic E-state index is 14.1. The van der Waals surface area contributed by atoms with Crippen LogP contribution in [-0.4, -0.2) is 18.9 Å². The molecule has 0 aliphatic carbocycles. The molecule has 0 amide bonds. The average Bonchev–Trinajstić information content (AvgIpc) is 3.28. The largest absolute Gasteiger partial charge is 0.418 e. The van der Waals surface area contributed by atoms with Gasteiger partial charge in [-0.3, -0.25) is 3.97 Å². The maximum Gasteiger partial charge on any atom is 0.417 e. The highest BCUT2D eigenvalue weighted by Crippen LogP contribution is 2.40. The molecule has 206 valence electrons. The Bertz CT molecular complexity index is 1740. The smallest absolute Gasteiger partial charge is 0.417 e. The normalized spacial score (nSPS) is 11.8. The summed E-state index contributed by atoms with van der Waals surface area (Å²) in [6, 6.07) is 7.15. The fourth-order valence-corrected chi connectivity index (χ4v) is 4.49. The van der Waals surface area contributed by atoms with Crippen molar-refractivity contribution >= 4 is 28.7 Å². The summed E-state index contributed by atoms with van der Waals surface area (Å²) in [5.41, 5.74) is 5.52. The number of hydrogen-bond acceptors (Lipinski definition) is 6. The fraction of sp³-hybridized carbons (Fsp3) is 0.0800. The van der Waals surface area contributed by atoms with E-state index in [-0.39, 0.29) is 28.0 Å². The molecule has 2 N–H and O–H groups in total. The molecule has 0 fully saturated rings. The molecule has 0 aliphatic heterocycles. The van der Waals surface area contributed by atoms with Crippen LogP contribution >= 0.6 is 11.9 Å². The monoisotopic (exact) mass is 583 g/mol. The molecule has 6 nitrogen and oxygen atoms in total. The summed E-state index contributed by atoms with van der Waals surface area (Å²) in [5.74, 6) is -13.1. The summed E-state index contributed by atoms with van der Waals surface area (Å²) in [5, 5.41) is -0.0537. The predicted molar refractivity (Wildman–Crippen MR) is 129 cm³/mol. The minimum absolute atomic E-state index is 0.00428. The Morgan fingerprint density at radius 2 is 1.50 bits per heavy atom. The lowest BCUT2D eigenvalue weighted by Crippen LogP contribution is -2.06. The number of hydrogen-bond donors (Lipinski definition) is 1. The standard InChI is InChI=1S/C25H13F8N5OS/c1-10-2-4-12(5-3-10)40-38-9-14(13-6-11(25(31,32)33)7-35-23(13)38)21-15(34)8-36-24(37-21)39-22-19(29)17(27)16(26)18(28)20(22)30/h2-9H,34H2,1H3. The highest BCUT2D eigenvalue weighted by atomic mass is 32.2. The van der Waals surface area contributed by atoms with Crippen LogP contribution in [0, 0.1) is 36.0 Å². The highest BCUT2D eigenvalue weighted by molar-refractivity contribution is 7.98. The Morgan fingerprint density at radius 3 is 2.12 bits per heavy atom.